The van der Waals surface area contributed by atoms with Crippen molar-refractivity contribution in [2.24, 2.45) is 5.92 Å². The summed E-state index contributed by atoms with van der Waals surface area (Å²) >= 11 is 0. The first-order chi connectivity index (χ1) is 12.2. The molecule has 0 spiro atoms. The summed E-state index contributed by atoms with van der Waals surface area (Å²) in [4.78, 5) is 12.3. The van der Waals surface area contributed by atoms with Crippen molar-refractivity contribution >= 4 is 22.6 Å². The molecule has 4 nitrogen and oxygen atoms in total. The van der Waals surface area contributed by atoms with E-state index in [0.717, 1.165) is 16.5 Å². The van der Waals surface area contributed by atoms with E-state index in [0.29, 0.717) is 18.2 Å². The van der Waals surface area contributed by atoms with Crippen LogP contribution in [-0.4, -0.2) is 16.1 Å². The molecule has 1 aliphatic carbocycles. The van der Waals surface area contributed by atoms with Gasteiger partial charge in [-0.25, -0.2) is 0 Å². The fourth-order valence-corrected chi connectivity index (χ4v) is 3.78. The van der Waals surface area contributed by atoms with Crippen molar-refractivity contribution in [3.05, 3.63) is 48.0 Å². The van der Waals surface area contributed by atoms with E-state index in [-0.39, 0.29) is 5.91 Å². The lowest BCUT2D eigenvalue weighted by Crippen LogP contribution is -2.15. The number of hydrogen-bond acceptors (Lipinski definition) is 2. The standard InChI is InChI=1S/C21H23N3O/c1-14-5-4-8-16(11-14)17-9-10-18-19(13-17)23-24-21(18)22-20(25)12-15-6-2-3-7-15/h4-5,8-11,13,15H,2-3,6-7,12H2,1H3,(H2,22,23,24,25). The molecule has 0 saturated heterocycles. The van der Waals surface area contributed by atoms with Crippen LogP contribution in [0.3, 0.4) is 0 Å². The van der Waals surface area contributed by atoms with E-state index in [1.165, 1.54) is 36.8 Å². The summed E-state index contributed by atoms with van der Waals surface area (Å²) in [5.74, 6) is 1.25. The molecule has 0 unspecified atom stereocenters. The van der Waals surface area contributed by atoms with Gasteiger partial charge >= 0.3 is 0 Å². The summed E-state index contributed by atoms with van der Waals surface area (Å²) in [5, 5.41) is 11.3. The number of benzene rings is 2. The second-order valence-electron chi connectivity index (χ2n) is 7.10. The molecule has 0 bridgehead atoms. The Morgan fingerprint density at radius 1 is 1.16 bits per heavy atom. The summed E-state index contributed by atoms with van der Waals surface area (Å²) in [6.07, 6.45) is 5.47. The Morgan fingerprint density at radius 3 is 2.76 bits per heavy atom. The maximum absolute atomic E-state index is 12.3. The number of rotatable bonds is 4. The summed E-state index contributed by atoms with van der Waals surface area (Å²) in [7, 11) is 0. The Kier molecular flexibility index (Phi) is 4.26. The Morgan fingerprint density at radius 2 is 1.96 bits per heavy atom. The molecule has 1 aliphatic rings. The number of amides is 1. The molecular formula is C21H23N3O. The number of fused-ring (bicyclic) bond motifs is 1. The number of nitrogens with one attached hydrogen (secondary N) is 2. The van der Waals surface area contributed by atoms with E-state index >= 15 is 0 Å². The lowest BCUT2D eigenvalue weighted by atomic mass is 10.0. The number of hydrogen-bond donors (Lipinski definition) is 2. The number of aromatic nitrogens is 2. The first kappa shape index (κ1) is 15.9. The third kappa shape index (κ3) is 3.43. The second kappa shape index (κ2) is 6.71. The van der Waals surface area contributed by atoms with Gasteiger partial charge in [0.25, 0.3) is 0 Å². The van der Waals surface area contributed by atoms with Crippen molar-refractivity contribution in [1.29, 1.82) is 0 Å². The van der Waals surface area contributed by atoms with Crippen LogP contribution in [0, 0.1) is 12.8 Å². The molecule has 1 amide bonds. The first-order valence-electron chi connectivity index (χ1n) is 9.04. The monoisotopic (exact) mass is 333 g/mol. The van der Waals surface area contributed by atoms with Gasteiger partial charge in [-0.15, -0.1) is 0 Å². The number of nitrogens with zero attached hydrogens (tertiary/aromatic N) is 1. The number of aryl methyl sites for hydroxylation is 1. The molecule has 2 aromatic carbocycles. The van der Waals surface area contributed by atoms with Gasteiger partial charge in [0.2, 0.25) is 5.91 Å². The number of aromatic amines is 1. The zero-order chi connectivity index (χ0) is 17.2. The molecule has 128 valence electrons. The third-order valence-corrected chi connectivity index (χ3v) is 5.12. The molecule has 4 heteroatoms. The Bertz CT molecular complexity index is 906. The van der Waals surface area contributed by atoms with E-state index in [1.807, 2.05) is 6.07 Å². The fraction of sp³-hybridized carbons (Fsp3) is 0.333. The Balaban J connectivity index is 1.54. The molecule has 3 aromatic rings. The molecule has 1 saturated carbocycles. The lowest BCUT2D eigenvalue weighted by molar-refractivity contribution is -0.117. The van der Waals surface area contributed by atoms with Gasteiger partial charge < -0.3 is 5.32 Å². The van der Waals surface area contributed by atoms with Gasteiger partial charge in [0.1, 0.15) is 0 Å². The first-order valence-corrected chi connectivity index (χ1v) is 9.04. The van der Waals surface area contributed by atoms with Crippen LogP contribution < -0.4 is 5.32 Å². The quantitative estimate of drug-likeness (QED) is 0.701. The summed E-state index contributed by atoms with van der Waals surface area (Å²) < 4.78 is 0. The lowest BCUT2D eigenvalue weighted by Gasteiger charge is -2.08. The van der Waals surface area contributed by atoms with Crippen molar-refractivity contribution in [2.75, 3.05) is 5.32 Å². The van der Waals surface area contributed by atoms with Crippen LogP contribution in [0.2, 0.25) is 0 Å². The maximum atomic E-state index is 12.3. The van der Waals surface area contributed by atoms with Gasteiger partial charge in [-0.2, -0.15) is 5.10 Å². The third-order valence-electron chi connectivity index (χ3n) is 5.12. The smallest absolute Gasteiger partial charge is 0.225 e. The molecule has 1 aromatic heterocycles. The highest BCUT2D eigenvalue weighted by Crippen LogP contribution is 2.30. The minimum Gasteiger partial charge on any atom is -0.309 e. The van der Waals surface area contributed by atoms with E-state index in [4.69, 9.17) is 0 Å². The Labute approximate surface area is 147 Å². The summed E-state index contributed by atoms with van der Waals surface area (Å²) in [5.41, 5.74) is 4.50. The van der Waals surface area contributed by atoms with Crippen LogP contribution in [0.1, 0.15) is 37.7 Å². The molecule has 2 N–H and O–H groups in total. The SMILES string of the molecule is Cc1cccc(-c2ccc3c(NC(=O)CC4CCCC4)n[nH]c3c2)c1. The van der Waals surface area contributed by atoms with Gasteiger partial charge in [0.05, 0.1) is 5.52 Å². The van der Waals surface area contributed by atoms with Gasteiger partial charge in [0, 0.05) is 11.8 Å². The molecule has 0 aliphatic heterocycles. The topological polar surface area (TPSA) is 57.8 Å². The van der Waals surface area contributed by atoms with E-state index in [9.17, 15) is 4.79 Å². The fourth-order valence-electron chi connectivity index (χ4n) is 3.78. The van der Waals surface area contributed by atoms with Gasteiger partial charge in [-0.1, -0.05) is 48.7 Å². The van der Waals surface area contributed by atoms with Gasteiger partial charge in [-0.3, -0.25) is 9.89 Å². The number of carbonyl (C=O) groups excluding carboxylic acids is 1. The highest BCUT2D eigenvalue weighted by atomic mass is 16.1. The van der Waals surface area contributed by atoms with Crippen LogP contribution in [0.25, 0.3) is 22.0 Å². The average molecular weight is 333 g/mol. The van der Waals surface area contributed by atoms with Crippen molar-refractivity contribution in [1.82, 2.24) is 10.2 Å². The molecule has 0 atom stereocenters. The normalized spacial score (nSPS) is 14.9. The van der Waals surface area contributed by atoms with Crippen LogP contribution in [-0.2, 0) is 4.79 Å². The highest BCUT2D eigenvalue weighted by Gasteiger charge is 2.19. The van der Waals surface area contributed by atoms with Gasteiger partial charge in [0.15, 0.2) is 5.82 Å². The van der Waals surface area contributed by atoms with Crippen molar-refractivity contribution in [3.63, 3.8) is 0 Å². The molecule has 25 heavy (non-hydrogen) atoms. The number of carbonyl (C=O) groups is 1. The highest BCUT2D eigenvalue weighted by molar-refractivity contribution is 6.00. The molecule has 1 heterocycles. The minimum atomic E-state index is 0.0723. The largest absolute Gasteiger partial charge is 0.309 e. The number of anilines is 1. The number of H-pyrrole nitrogens is 1. The van der Waals surface area contributed by atoms with Crippen LogP contribution in [0.5, 0.6) is 0 Å². The summed E-state index contributed by atoms with van der Waals surface area (Å²) in [6.45, 7) is 2.09. The predicted octanol–water partition coefficient (Wildman–Crippen LogP) is 5.06. The zero-order valence-corrected chi connectivity index (χ0v) is 14.5. The van der Waals surface area contributed by atoms with Crippen molar-refractivity contribution in [3.8, 4) is 11.1 Å². The minimum absolute atomic E-state index is 0.0723. The van der Waals surface area contributed by atoms with E-state index < -0.39 is 0 Å². The van der Waals surface area contributed by atoms with E-state index in [1.54, 1.807) is 0 Å². The van der Waals surface area contributed by atoms with Crippen LogP contribution >= 0.6 is 0 Å². The Hall–Kier alpha value is -2.62. The molecule has 4 rings (SSSR count). The summed E-state index contributed by atoms with van der Waals surface area (Å²) in [6, 6.07) is 14.6. The van der Waals surface area contributed by atoms with Crippen molar-refractivity contribution < 1.29 is 4.79 Å². The van der Waals surface area contributed by atoms with Gasteiger partial charge in [-0.05, 0) is 48.9 Å². The van der Waals surface area contributed by atoms with Crippen LogP contribution in [0.15, 0.2) is 42.5 Å². The predicted molar refractivity (Wildman–Crippen MR) is 101 cm³/mol. The van der Waals surface area contributed by atoms with Crippen LogP contribution in [0.4, 0.5) is 5.82 Å². The van der Waals surface area contributed by atoms with E-state index in [2.05, 4.69) is 58.8 Å². The molecule has 1 fully saturated rings. The maximum Gasteiger partial charge on any atom is 0.225 e. The molecular weight excluding hydrogens is 310 g/mol. The second-order valence-corrected chi connectivity index (χ2v) is 7.10. The average Bonchev–Trinajstić information content (AvgIpc) is 3.25. The zero-order valence-electron chi connectivity index (χ0n) is 14.5. The van der Waals surface area contributed by atoms with Crippen molar-refractivity contribution in [2.45, 2.75) is 39.0 Å². The molecule has 0 radical (unpaired) electrons.